The Kier molecular flexibility index (Phi) is 3.84. The van der Waals surface area contributed by atoms with Gasteiger partial charge in [0.25, 0.3) is 0 Å². The second-order valence-corrected chi connectivity index (χ2v) is 4.96. The first-order chi connectivity index (χ1) is 8.65. The fourth-order valence-electron chi connectivity index (χ4n) is 2.89. The molecule has 0 saturated heterocycles. The van der Waals surface area contributed by atoms with Gasteiger partial charge in [-0.2, -0.15) is 0 Å². The van der Waals surface area contributed by atoms with Crippen LogP contribution in [0.1, 0.15) is 43.7 Å². The van der Waals surface area contributed by atoms with Gasteiger partial charge in [0, 0.05) is 18.8 Å². The molecule has 1 aliphatic rings. The number of nitrogens with zero attached hydrogens (tertiary/aromatic N) is 2. The van der Waals surface area contributed by atoms with Crippen LogP contribution in [0.3, 0.4) is 0 Å². The molecule has 18 heavy (non-hydrogen) atoms. The van der Waals surface area contributed by atoms with Crippen LogP contribution in [0.15, 0.2) is 12.3 Å². The Hall–Kier alpha value is -1.58. The molecule has 1 aliphatic carbocycles. The molecule has 0 radical (unpaired) electrons. The molecule has 1 aromatic rings. The monoisotopic (exact) mass is 246 g/mol. The van der Waals surface area contributed by atoms with Gasteiger partial charge in [-0.3, -0.25) is 5.41 Å². The van der Waals surface area contributed by atoms with E-state index in [9.17, 15) is 0 Å². The van der Waals surface area contributed by atoms with Gasteiger partial charge in [-0.25, -0.2) is 4.98 Å². The van der Waals surface area contributed by atoms with Crippen molar-refractivity contribution in [3.63, 3.8) is 0 Å². The van der Waals surface area contributed by atoms with Crippen molar-refractivity contribution in [2.75, 3.05) is 11.4 Å². The number of aromatic nitrogens is 1. The lowest BCUT2D eigenvalue weighted by molar-refractivity contribution is 0.612. The lowest BCUT2D eigenvalue weighted by atomic mass is 10.1. The van der Waals surface area contributed by atoms with Crippen molar-refractivity contribution in [2.24, 2.45) is 5.73 Å². The topological polar surface area (TPSA) is 66.0 Å². The largest absolute Gasteiger partial charge is 0.384 e. The van der Waals surface area contributed by atoms with Crippen LogP contribution in [0.5, 0.6) is 0 Å². The van der Waals surface area contributed by atoms with Crippen molar-refractivity contribution in [1.29, 1.82) is 5.41 Å². The van der Waals surface area contributed by atoms with E-state index in [1.807, 2.05) is 19.2 Å². The highest BCUT2D eigenvalue weighted by Gasteiger charge is 2.25. The molecule has 2 rings (SSSR count). The number of rotatable bonds is 4. The fraction of sp³-hybridized carbons (Fsp3) is 0.571. The molecule has 0 aliphatic heterocycles. The van der Waals surface area contributed by atoms with Gasteiger partial charge < -0.3 is 10.6 Å². The summed E-state index contributed by atoms with van der Waals surface area (Å²) >= 11 is 0. The quantitative estimate of drug-likeness (QED) is 0.633. The molecule has 3 N–H and O–H groups in total. The summed E-state index contributed by atoms with van der Waals surface area (Å²) in [6, 6.07) is 2.48. The molecule has 0 bridgehead atoms. The van der Waals surface area contributed by atoms with Gasteiger partial charge >= 0.3 is 0 Å². The Morgan fingerprint density at radius 3 is 2.72 bits per heavy atom. The van der Waals surface area contributed by atoms with Crippen molar-refractivity contribution in [1.82, 2.24) is 4.98 Å². The van der Waals surface area contributed by atoms with Gasteiger partial charge in [0.05, 0.1) is 5.56 Å². The molecular weight excluding hydrogens is 224 g/mol. The zero-order chi connectivity index (χ0) is 13.1. The normalized spacial score (nSPS) is 15.9. The molecule has 1 saturated carbocycles. The van der Waals surface area contributed by atoms with E-state index in [1.54, 1.807) is 0 Å². The zero-order valence-corrected chi connectivity index (χ0v) is 11.2. The van der Waals surface area contributed by atoms with Gasteiger partial charge in [-0.1, -0.05) is 12.8 Å². The summed E-state index contributed by atoms with van der Waals surface area (Å²) in [6.07, 6.45) is 6.85. The van der Waals surface area contributed by atoms with Gasteiger partial charge in [-0.15, -0.1) is 0 Å². The van der Waals surface area contributed by atoms with E-state index in [-0.39, 0.29) is 5.84 Å². The Balaban J connectivity index is 2.41. The number of hydrogen-bond donors (Lipinski definition) is 2. The molecule has 0 amide bonds. The molecular formula is C14H22N4. The Morgan fingerprint density at radius 1 is 1.50 bits per heavy atom. The highest BCUT2D eigenvalue weighted by atomic mass is 15.2. The van der Waals surface area contributed by atoms with Gasteiger partial charge in [0.2, 0.25) is 0 Å². The summed E-state index contributed by atoms with van der Waals surface area (Å²) in [6.45, 7) is 5.05. The number of nitrogens with one attached hydrogen (secondary N) is 1. The van der Waals surface area contributed by atoms with Crippen molar-refractivity contribution in [2.45, 2.75) is 45.6 Å². The predicted octanol–water partition coefficient (Wildman–Crippen LogP) is 2.44. The second-order valence-electron chi connectivity index (χ2n) is 4.96. The zero-order valence-electron chi connectivity index (χ0n) is 11.2. The lowest BCUT2D eigenvalue weighted by Crippen LogP contribution is -2.35. The molecule has 0 spiro atoms. The van der Waals surface area contributed by atoms with E-state index < -0.39 is 0 Å². The first-order valence-corrected chi connectivity index (χ1v) is 6.71. The van der Waals surface area contributed by atoms with Crippen LogP contribution in [0.4, 0.5) is 5.82 Å². The summed E-state index contributed by atoms with van der Waals surface area (Å²) in [5.74, 6) is 1.00. The van der Waals surface area contributed by atoms with E-state index in [0.717, 1.165) is 23.5 Å². The van der Waals surface area contributed by atoms with Crippen molar-refractivity contribution >= 4 is 11.7 Å². The van der Waals surface area contributed by atoms with Crippen molar-refractivity contribution in [3.8, 4) is 0 Å². The van der Waals surface area contributed by atoms with Gasteiger partial charge in [-0.05, 0) is 38.3 Å². The minimum Gasteiger partial charge on any atom is -0.384 e. The summed E-state index contributed by atoms with van der Waals surface area (Å²) in [4.78, 5) is 6.80. The molecule has 1 aromatic heterocycles. The average molecular weight is 246 g/mol. The standard InChI is InChI=1S/C14H22N4/c1-3-18(11-6-4-5-7-11)14-12(13(15)16)10(2)8-9-17-14/h8-9,11H,3-7H2,1-2H3,(H3,15,16). The Morgan fingerprint density at radius 2 is 2.17 bits per heavy atom. The number of pyridine rings is 1. The lowest BCUT2D eigenvalue weighted by Gasteiger charge is -2.30. The minimum atomic E-state index is 0.118. The molecule has 1 fully saturated rings. The highest BCUT2D eigenvalue weighted by Crippen LogP contribution is 2.29. The summed E-state index contributed by atoms with van der Waals surface area (Å²) < 4.78 is 0. The van der Waals surface area contributed by atoms with E-state index >= 15 is 0 Å². The van der Waals surface area contributed by atoms with Gasteiger partial charge in [0.1, 0.15) is 11.7 Å². The molecule has 4 nitrogen and oxygen atoms in total. The maximum Gasteiger partial charge on any atom is 0.140 e. The Bertz CT molecular complexity index is 435. The van der Waals surface area contributed by atoms with Gasteiger partial charge in [0.15, 0.2) is 0 Å². The first-order valence-electron chi connectivity index (χ1n) is 6.71. The van der Waals surface area contributed by atoms with Crippen LogP contribution in [-0.2, 0) is 0 Å². The highest BCUT2D eigenvalue weighted by molar-refractivity contribution is 6.01. The summed E-state index contributed by atoms with van der Waals surface area (Å²) in [5, 5.41) is 7.77. The third kappa shape index (κ3) is 2.33. The van der Waals surface area contributed by atoms with Crippen LogP contribution in [0.2, 0.25) is 0 Å². The number of anilines is 1. The van der Waals surface area contributed by atoms with Crippen molar-refractivity contribution in [3.05, 3.63) is 23.4 Å². The average Bonchev–Trinajstić information content (AvgIpc) is 2.83. The summed E-state index contributed by atoms with van der Waals surface area (Å²) in [7, 11) is 0. The van der Waals surface area contributed by atoms with Crippen molar-refractivity contribution < 1.29 is 0 Å². The number of aryl methyl sites for hydroxylation is 1. The third-order valence-corrected chi connectivity index (χ3v) is 3.79. The molecule has 4 heteroatoms. The smallest absolute Gasteiger partial charge is 0.140 e. The third-order valence-electron chi connectivity index (χ3n) is 3.79. The van der Waals surface area contributed by atoms with Crippen LogP contribution in [-0.4, -0.2) is 23.4 Å². The van der Waals surface area contributed by atoms with Crippen LogP contribution in [0, 0.1) is 12.3 Å². The number of nitrogens with two attached hydrogens (primary N) is 1. The number of nitrogen functional groups attached to an aromatic ring is 1. The molecule has 0 aromatic carbocycles. The second kappa shape index (κ2) is 5.38. The summed E-state index contributed by atoms with van der Waals surface area (Å²) in [5.41, 5.74) is 7.55. The number of hydrogen-bond acceptors (Lipinski definition) is 3. The maximum absolute atomic E-state index is 7.77. The predicted molar refractivity (Wildman–Crippen MR) is 75.3 cm³/mol. The van der Waals surface area contributed by atoms with E-state index in [2.05, 4.69) is 16.8 Å². The Labute approximate surface area is 109 Å². The van der Waals surface area contributed by atoms with E-state index in [1.165, 1.54) is 25.7 Å². The number of amidine groups is 1. The molecule has 98 valence electrons. The maximum atomic E-state index is 7.77. The minimum absolute atomic E-state index is 0.118. The first kappa shape index (κ1) is 12.9. The molecule has 0 atom stereocenters. The van der Waals surface area contributed by atoms with E-state index in [0.29, 0.717) is 6.04 Å². The SMILES string of the molecule is CCN(c1nccc(C)c1C(=N)N)C1CCCC1. The molecule has 1 heterocycles. The van der Waals surface area contributed by atoms with Crippen LogP contribution < -0.4 is 10.6 Å². The van der Waals surface area contributed by atoms with Crippen LogP contribution >= 0.6 is 0 Å². The fourth-order valence-corrected chi connectivity index (χ4v) is 2.89. The van der Waals surface area contributed by atoms with E-state index in [4.69, 9.17) is 11.1 Å². The molecule has 0 unspecified atom stereocenters. The van der Waals surface area contributed by atoms with Crippen LogP contribution in [0.25, 0.3) is 0 Å².